The van der Waals surface area contributed by atoms with E-state index in [1.807, 2.05) is 6.07 Å². The first-order chi connectivity index (χ1) is 16.1. The van der Waals surface area contributed by atoms with E-state index in [1.165, 1.54) is 11.3 Å². The van der Waals surface area contributed by atoms with Gasteiger partial charge in [-0.2, -0.15) is 0 Å². The highest BCUT2D eigenvalue weighted by atomic mass is 16.5. The summed E-state index contributed by atoms with van der Waals surface area (Å²) >= 11 is 0. The lowest BCUT2D eigenvalue weighted by atomic mass is 9.98. The standard InChI is InChI=1S/C26H32N4O3/c1-17(2)20-15-21(24(32-4)16-23(20)31-3)26-28-27-25-7-5-6-18-14-19(8-9-22(18)30(25)26)29-10-12-33-13-11-29/h8-9,14-17H,5-7,10-13H2,1-4H3. The van der Waals surface area contributed by atoms with Crippen LogP contribution in [0, 0.1) is 0 Å². The highest BCUT2D eigenvalue weighted by molar-refractivity contribution is 5.71. The van der Waals surface area contributed by atoms with Gasteiger partial charge in [-0.15, -0.1) is 10.2 Å². The molecule has 3 heterocycles. The number of methoxy groups -OCH3 is 2. The first-order valence-corrected chi connectivity index (χ1v) is 11.8. The monoisotopic (exact) mass is 448 g/mol. The van der Waals surface area contributed by atoms with Crippen LogP contribution in [0.5, 0.6) is 11.5 Å². The summed E-state index contributed by atoms with van der Waals surface area (Å²) in [6.07, 6.45) is 2.96. The van der Waals surface area contributed by atoms with E-state index in [4.69, 9.17) is 14.2 Å². The van der Waals surface area contributed by atoms with E-state index in [0.29, 0.717) is 5.92 Å². The van der Waals surface area contributed by atoms with Crippen molar-refractivity contribution >= 4 is 5.69 Å². The van der Waals surface area contributed by atoms with Gasteiger partial charge in [0.15, 0.2) is 5.82 Å². The topological polar surface area (TPSA) is 61.6 Å². The minimum absolute atomic E-state index is 0.305. The second-order valence-corrected chi connectivity index (χ2v) is 8.99. The Morgan fingerprint density at radius 3 is 2.45 bits per heavy atom. The second-order valence-electron chi connectivity index (χ2n) is 8.99. The Balaban J connectivity index is 1.64. The molecule has 0 atom stereocenters. The number of ether oxygens (including phenoxy) is 3. The fourth-order valence-corrected chi connectivity index (χ4v) is 4.90. The van der Waals surface area contributed by atoms with Crippen LogP contribution in [-0.2, 0) is 17.6 Å². The number of aryl methyl sites for hydroxylation is 2. The third-order valence-electron chi connectivity index (χ3n) is 6.67. The summed E-state index contributed by atoms with van der Waals surface area (Å²) in [4.78, 5) is 2.41. The van der Waals surface area contributed by atoms with Gasteiger partial charge in [0.1, 0.15) is 17.3 Å². The van der Waals surface area contributed by atoms with Crippen molar-refractivity contribution in [3.05, 3.63) is 47.3 Å². The molecule has 2 aliphatic heterocycles. The molecule has 0 N–H and O–H groups in total. The normalized spacial score (nSPS) is 15.7. The maximum atomic E-state index is 5.78. The van der Waals surface area contributed by atoms with Gasteiger partial charge in [0, 0.05) is 31.3 Å². The quantitative estimate of drug-likeness (QED) is 0.577. The molecule has 174 valence electrons. The van der Waals surface area contributed by atoms with Gasteiger partial charge in [0.05, 0.1) is 38.7 Å². The summed E-state index contributed by atoms with van der Waals surface area (Å²) in [5, 5.41) is 9.25. The summed E-state index contributed by atoms with van der Waals surface area (Å²) in [5.74, 6) is 3.68. The molecule has 0 bridgehead atoms. The van der Waals surface area contributed by atoms with Crippen LogP contribution in [0.4, 0.5) is 5.69 Å². The largest absolute Gasteiger partial charge is 0.496 e. The molecule has 0 saturated carbocycles. The summed E-state index contributed by atoms with van der Waals surface area (Å²) in [7, 11) is 3.39. The van der Waals surface area contributed by atoms with E-state index in [9.17, 15) is 0 Å². The Morgan fingerprint density at radius 2 is 1.73 bits per heavy atom. The molecule has 2 aromatic carbocycles. The average molecular weight is 449 g/mol. The molecule has 0 radical (unpaired) electrons. The number of fused-ring (bicyclic) bond motifs is 3. The summed E-state index contributed by atoms with van der Waals surface area (Å²) in [6, 6.07) is 10.9. The SMILES string of the molecule is COc1cc(OC)c(C(C)C)cc1-c1nnc2n1-c1ccc(N3CCOCC3)cc1CCC2. The van der Waals surface area contributed by atoms with Crippen molar-refractivity contribution < 1.29 is 14.2 Å². The third kappa shape index (κ3) is 3.95. The molecule has 5 rings (SSSR count). The van der Waals surface area contributed by atoms with Crippen molar-refractivity contribution in [1.82, 2.24) is 14.8 Å². The third-order valence-corrected chi connectivity index (χ3v) is 6.67. The molecule has 0 amide bonds. The molecule has 1 aromatic heterocycles. The van der Waals surface area contributed by atoms with Crippen molar-refractivity contribution in [1.29, 1.82) is 0 Å². The van der Waals surface area contributed by atoms with Crippen LogP contribution in [0.3, 0.4) is 0 Å². The number of benzene rings is 2. The molecular formula is C26H32N4O3. The lowest BCUT2D eigenvalue weighted by molar-refractivity contribution is 0.122. The predicted molar refractivity (Wildman–Crippen MR) is 129 cm³/mol. The van der Waals surface area contributed by atoms with Crippen LogP contribution in [-0.4, -0.2) is 55.3 Å². The van der Waals surface area contributed by atoms with Gasteiger partial charge in [-0.25, -0.2) is 0 Å². The lowest BCUT2D eigenvalue weighted by Crippen LogP contribution is -2.36. The van der Waals surface area contributed by atoms with Crippen LogP contribution >= 0.6 is 0 Å². The van der Waals surface area contributed by atoms with Gasteiger partial charge in [-0.1, -0.05) is 13.8 Å². The highest BCUT2D eigenvalue weighted by Crippen LogP contribution is 2.40. The Labute approximate surface area is 195 Å². The van der Waals surface area contributed by atoms with E-state index >= 15 is 0 Å². The van der Waals surface area contributed by atoms with Crippen LogP contribution in [0.2, 0.25) is 0 Å². The van der Waals surface area contributed by atoms with Gasteiger partial charge in [0.2, 0.25) is 0 Å². The number of hydrogen-bond donors (Lipinski definition) is 0. The summed E-state index contributed by atoms with van der Waals surface area (Å²) in [5.41, 5.74) is 5.81. The zero-order valence-corrected chi connectivity index (χ0v) is 19.9. The van der Waals surface area contributed by atoms with Gasteiger partial charge in [0.25, 0.3) is 0 Å². The number of anilines is 1. The Morgan fingerprint density at radius 1 is 0.939 bits per heavy atom. The Hall–Kier alpha value is -3.06. The van der Waals surface area contributed by atoms with Crippen LogP contribution < -0.4 is 14.4 Å². The number of morpholine rings is 1. The van der Waals surface area contributed by atoms with Crippen LogP contribution in [0.1, 0.15) is 43.1 Å². The molecule has 7 nitrogen and oxygen atoms in total. The maximum absolute atomic E-state index is 5.78. The first kappa shape index (κ1) is 21.8. The smallest absolute Gasteiger partial charge is 0.172 e. The van der Waals surface area contributed by atoms with Crippen LogP contribution in [0.15, 0.2) is 30.3 Å². The Kier molecular flexibility index (Phi) is 5.98. The fraction of sp³-hybridized carbons (Fsp3) is 0.462. The number of hydrogen-bond acceptors (Lipinski definition) is 6. The zero-order chi connectivity index (χ0) is 22.9. The summed E-state index contributed by atoms with van der Waals surface area (Å²) < 4.78 is 19.2. The van der Waals surface area contributed by atoms with Gasteiger partial charge in [-0.05, 0) is 54.2 Å². The first-order valence-electron chi connectivity index (χ1n) is 11.8. The molecule has 7 heteroatoms. The van der Waals surface area contributed by atoms with Crippen molar-refractivity contribution in [3.8, 4) is 28.6 Å². The van der Waals surface area contributed by atoms with Gasteiger partial charge < -0.3 is 19.1 Å². The van der Waals surface area contributed by atoms with E-state index in [1.54, 1.807) is 14.2 Å². The highest BCUT2D eigenvalue weighted by Gasteiger charge is 2.25. The minimum atomic E-state index is 0.305. The summed E-state index contributed by atoms with van der Waals surface area (Å²) in [6.45, 7) is 7.77. The van der Waals surface area contributed by atoms with Gasteiger partial charge >= 0.3 is 0 Å². The minimum Gasteiger partial charge on any atom is -0.496 e. The predicted octanol–water partition coefficient (Wildman–Crippen LogP) is 4.40. The van der Waals surface area contributed by atoms with Crippen molar-refractivity contribution in [3.63, 3.8) is 0 Å². The van der Waals surface area contributed by atoms with Crippen molar-refractivity contribution in [2.45, 2.75) is 39.0 Å². The fourth-order valence-electron chi connectivity index (χ4n) is 4.90. The zero-order valence-electron chi connectivity index (χ0n) is 19.9. The molecule has 1 fully saturated rings. The van der Waals surface area contributed by atoms with Crippen LogP contribution in [0.25, 0.3) is 17.1 Å². The molecule has 0 spiro atoms. The second kappa shape index (κ2) is 9.06. The molecule has 1 saturated heterocycles. The maximum Gasteiger partial charge on any atom is 0.172 e. The van der Waals surface area contributed by atoms with Crippen molar-refractivity contribution in [2.75, 3.05) is 45.4 Å². The lowest BCUT2D eigenvalue weighted by Gasteiger charge is -2.29. The molecule has 2 aliphatic rings. The van der Waals surface area contributed by atoms with Crippen molar-refractivity contribution in [2.24, 2.45) is 0 Å². The van der Waals surface area contributed by atoms with E-state index in [-0.39, 0.29) is 0 Å². The number of rotatable bonds is 5. The number of nitrogens with zero attached hydrogens (tertiary/aromatic N) is 4. The van der Waals surface area contributed by atoms with Gasteiger partial charge in [-0.3, -0.25) is 4.57 Å². The molecule has 33 heavy (non-hydrogen) atoms. The molecule has 0 aliphatic carbocycles. The molecular weight excluding hydrogens is 416 g/mol. The molecule has 3 aromatic rings. The molecule has 0 unspecified atom stereocenters. The van der Waals surface area contributed by atoms with E-state index in [2.05, 4.69) is 57.8 Å². The van der Waals surface area contributed by atoms with E-state index in [0.717, 1.165) is 85.5 Å². The average Bonchev–Trinajstić information content (AvgIpc) is 3.18. The Bertz CT molecular complexity index is 1150. The van der Waals surface area contributed by atoms with E-state index < -0.39 is 0 Å². The number of aromatic nitrogens is 3.